The maximum atomic E-state index is 12.4. The van der Waals surface area contributed by atoms with Crippen molar-refractivity contribution in [3.63, 3.8) is 0 Å². The average molecular weight is 327 g/mol. The number of thiophene rings is 1. The minimum atomic E-state index is -0.153. The molecule has 3 aromatic rings. The number of benzene rings is 1. The number of aromatic nitrogens is 2. The van der Waals surface area contributed by atoms with Gasteiger partial charge in [-0.2, -0.15) is 0 Å². The molecule has 5 nitrogen and oxygen atoms in total. The summed E-state index contributed by atoms with van der Waals surface area (Å²) < 4.78 is 0.614. The van der Waals surface area contributed by atoms with Crippen LogP contribution in [0.3, 0.4) is 0 Å². The third kappa shape index (κ3) is 3.32. The number of fused-ring (bicyclic) bond motifs is 1. The molecule has 2 aromatic heterocycles. The monoisotopic (exact) mass is 327 g/mol. The predicted molar refractivity (Wildman–Crippen MR) is 91.6 cm³/mol. The molecule has 0 fully saturated rings. The van der Waals surface area contributed by atoms with Crippen LogP contribution in [0.4, 0.5) is 0 Å². The van der Waals surface area contributed by atoms with E-state index in [0.29, 0.717) is 22.5 Å². The topological polar surface area (TPSA) is 66.1 Å². The van der Waals surface area contributed by atoms with Crippen LogP contribution < -0.4 is 5.56 Å². The molecule has 6 heteroatoms. The van der Waals surface area contributed by atoms with Gasteiger partial charge in [0, 0.05) is 7.05 Å². The molecule has 0 atom stereocenters. The summed E-state index contributed by atoms with van der Waals surface area (Å²) in [6.07, 6.45) is 0.341. The number of amides is 1. The fourth-order valence-electron chi connectivity index (χ4n) is 2.42. The molecule has 0 radical (unpaired) electrons. The molecular weight excluding hydrogens is 310 g/mol. The lowest BCUT2D eigenvalue weighted by molar-refractivity contribution is -0.129. The van der Waals surface area contributed by atoms with Crippen molar-refractivity contribution in [1.29, 1.82) is 0 Å². The van der Waals surface area contributed by atoms with Gasteiger partial charge in [0.15, 0.2) is 0 Å². The van der Waals surface area contributed by atoms with Crippen molar-refractivity contribution >= 4 is 27.5 Å². The zero-order chi connectivity index (χ0) is 16.4. The lowest BCUT2D eigenvalue weighted by Gasteiger charge is -2.17. The summed E-state index contributed by atoms with van der Waals surface area (Å²) in [7, 11) is 1.72. The number of aryl methyl sites for hydroxylation is 1. The number of carbonyl (C=O) groups excluding carboxylic acids is 1. The van der Waals surface area contributed by atoms with Crippen LogP contribution in [0, 0.1) is 6.92 Å². The first-order chi connectivity index (χ1) is 11.0. The summed E-state index contributed by atoms with van der Waals surface area (Å²) in [6, 6.07) is 9.65. The van der Waals surface area contributed by atoms with Gasteiger partial charge in [-0.25, -0.2) is 4.98 Å². The molecule has 0 spiro atoms. The quantitative estimate of drug-likeness (QED) is 0.800. The highest BCUT2D eigenvalue weighted by atomic mass is 32.1. The van der Waals surface area contributed by atoms with Crippen LogP contribution in [-0.2, 0) is 17.8 Å². The molecular formula is C17H17N3O2S. The zero-order valence-electron chi connectivity index (χ0n) is 13.0. The van der Waals surface area contributed by atoms with E-state index in [4.69, 9.17) is 0 Å². The fraction of sp³-hybridized carbons (Fsp3) is 0.235. The molecule has 0 unspecified atom stereocenters. The first-order valence-electron chi connectivity index (χ1n) is 7.29. The van der Waals surface area contributed by atoms with E-state index in [1.54, 1.807) is 11.9 Å². The van der Waals surface area contributed by atoms with Crippen molar-refractivity contribution in [2.75, 3.05) is 7.05 Å². The number of nitrogens with zero attached hydrogens (tertiary/aromatic N) is 2. The Kier molecular flexibility index (Phi) is 4.25. The van der Waals surface area contributed by atoms with Gasteiger partial charge < -0.3 is 9.88 Å². The Hall–Kier alpha value is -2.47. The zero-order valence-corrected chi connectivity index (χ0v) is 13.8. The number of aromatic amines is 1. The normalized spacial score (nSPS) is 10.9. The van der Waals surface area contributed by atoms with E-state index in [9.17, 15) is 9.59 Å². The molecule has 1 amide bonds. The van der Waals surface area contributed by atoms with Gasteiger partial charge in [0.2, 0.25) is 5.91 Å². The predicted octanol–water partition coefficient (Wildman–Crippen LogP) is 2.49. The van der Waals surface area contributed by atoms with Gasteiger partial charge in [0.1, 0.15) is 10.5 Å². The lowest BCUT2D eigenvalue weighted by Crippen LogP contribution is -2.29. The van der Waals surface area contributed by atoms with Gasteiger partial charge in [-0.15, -0.1) is 11.3 Å². The highest BCUT2D eigenvalue weighted by molar-refractivity contribution is 7.17. The summed E-state index contributed by atoms with van der Waals surface area (Å²) in [4.78, 5) is 33.1. The maximum Gasteiger partial charge on any atom is 0.268 e. The maximum absolute atomic E-state index is 12.4. The molecule has 0 saturated carbocycles. The van der Waals surface area contributed by atoms with E-state index in [-0.39, 0.29) is 18.0 Å². The van der Waals surface area contributed by atoms with E-state index >= 15 is 0 Å². The third-order valence-corrected chi connectivity index (χ3v) is 4.68. The number of likely N-dealkylation sites (N-methyl/N-ethyl adjacent to an activating group) is 1. The Balaban J connectivity index is 1.75. The average Bonchev–Trinajstić information content (AvgIpc) is 2.98. The standard InChI is InChI=1S/C17H17N3O2S/c1-11-5-3-4-6-12(11)9-15(21)20(2)10-14-18-13-7-8-23-16(13)17(22)19-14/h3-8H,9-10H2,1-2H3,(H,18,19,22). The van der Waals surface area contributed by atoms with Crippen LogP contribution in [0.15, 0.2) is 40.5 Å². The number of carbonyl (C=O) groups is 1. The molecule has 0 aliphatic rings. The highest BCUT2D eigenvalue weighted by Gasteiger charge is 2.13. The first-order valence-corrected chi connectivity index (χ1v) is 8.17. The minimum Gasteiger partial charge on any atom is -0.338 e. The Bertz CT molecular complexity index is 913. The second-order valence-electron chi connectivity index (χ2n) is 5.50. The Labute approximate surface area is 137 Å². The van der Waals surface area contributed by atoms with Crippen LogP contribution in [0.25, 0.3) is 10.2 Å². The van der Waals surface area contributed by atoms with Gasteiger partial charge >= 0.3 is 0 Å². The van der Waals surface area contributed by atoms with Crippen molar-refractivity contribution in [2.45, 2.75) is 19.9 Å². The second kappa shape index (κ2) is 6.34. The smallest absolute Gasteiger partial charge is 0.268 e. The molecule has 0 aliphatic heterocycles. The van der Waals surface area contributed by atoms with Crippen LogP contribution in [-0.4, -0.2) is 27.8 Å². The van der Waals surface area contributed by atoms with Crippen molar-refractivity contribution < 1.29 is 4.79 Å². The molecule has 0 saturated heterocycles. The van der Waals surface area contributed by atoms with E-state index in [1.807, 2.05) is 42.6 Å². The molecule has 1 N–H and O–H groups in total. The molecule has 0 aliphatic carbocycles. The molecule has 23 heavy (non-hydrogen) atoms. The number of nitrogens with one attached hydrogen (secondary N) is 1. The summed E-state index contributed by atoms with van der Waals surface area (Å²) >= 11 is 1.36. The van der Waals surface area contributed by atoms with Gasteiger partial charge in [-0.3, -0.25) is 9.59 Å². The molecule has 0 bridgehead atoms. The minimum absolute atomic E-state index is 0.00707. The van der Waals surface area contributed by atoms with E-state index in [2.05, 4.69) is 9.97 Å². The van der Waals surface area contributed by atoms with Crippen molar-refractivity contribution in [3.8, 4) is 0 Å². The third-order valence-electron chi connectivity index (χ3n) is 3.78. The van der Waals surface area contributed by atoms with Crippen LogP contribution >= 0.6 is 11.3 Å². The van der Waals surface area contributed by atoms with E-state index in [1.165, 1.54) is 11.3 Å². The van der Waals surface area contributed by atoms with Gasteiger partial charge in [-0.1, -0.05) is 24.3 Å². The van der Waals surface area contributed by atoms with Crippen LogP contribution in [0.2, 0.25) is 0 Å². The van der Waals surface area contributed by atoms with Crippen molar-refractivity contribution in [1.82, 2.24) is 14.9 Å². The number of hydrogen-bond donors (Lipinski definition) is 1. The van der Waals surface area contributed by atoms with Gasteiger partial charge in [0.25, 0.3) is 5.56 Å². The first kappa shape index (κ1) is 15.4. The Morgan fingerprint density at radius 3 is 2.87 bits per heavy atom. The SMILES string of the molecule is Cc1ccccc1CC(=O)N(C)Cc1nc2ccsc2c(=O)[nH]1. The molecule has 1 aromatic carbocycles. The number of hydrogen-bond acceptors (Lipinski definition) is 4. The van der Waals surface area contributed by atoms with Crippen LogP contribution in [0.1, 0.15) is 17.0 Å². The molecule has 118 valence electrons. The number of H-pyrrole nitrogens is 1. The summed E-state index contributed by atoms with van der Waals surface area (Å²) in [5.74, 6) is 0.494. The lowest BCUT2D eigenvalue weighted by atomic mass is 10.1. The fourth-order valence-corrected chi connectivity index (χ4v) is 3.14. The number of rotatable bonds is 4. The second-order valence-corrected chi connectivity index (χ2v) is 6.42. The largest absolute Gasteiger partial charge is 0.338 e. The van der Waals surface area contributed by atoms with Gasteiger partial charge in [0.05, 0.1) is 18.5 Å². The van der Waals surface area contributed by atoms with Crippen molar-refractivity contribution in [3.05, 3.63) is 63.0 Å². The molecule has 2 heterocycles. The molecule has 3 rings (SSSR count). The summed E-state index contributed by atoms with van der Waals surface area (Å²) in [5, 5.41) is 1.84. The Morgan fingerprint density at radius 1 is 1.30 bits per heavy atom. The highest BCUT2D eigenvalue weighted by Crippen LogP contribution is 2.14. The summed E-state index contributed by atoms with van der Waals surface area (Å²) in [6.45, 7) is 2.28. The van der Waals surface area contributed by atoms with Gasteiger partial charge in [-0.05, 0) is 29.5 Å². The Morgan fingerprint density at radius 2 is 2.09 bits per heavy atom. The van der Waals surface area contributed by atoms with E-state index < -0.39 is 0 Å². The van der Waals surface area contributed by atoms with Crippen LogP contribution in [0.5, 0.6) is 0 Å². The summed E-state index contributed by atoms with van der Waals surface area (Å²) in [5.41, 5.74) is 2.63. The van der Waals surface area contributed by atoms with E-state index in [0.717, 1.165) is 11.1 Å². The van der Waals surface area contributed by atoms with Crippen molar-refractivity contribution in [2.24, 2.45) is 0 Å².